The molecule has 0 unspecified atom stereocenters. The molecule has 4 aromatic rings. The molecule has 36 heavy (non-hydrogen) atoms. The van der Waals surface area contributed by atoms with Crippen molar-refractivity contribution >= 4 is 33.5 Å². The summed E-state index contributed by atoms with van der Waals surface area (Å²) in [5, 5.41) is 5.42. The normalized spacial score (nSPS) is 11.6. The van der Waals surface area contributed by atoms with Crippen LogP contribution in [0.15, 0.2) is 60.1 Å². The van der Waals surface area contributed by atoms with Gasteiger partial charge in [0.1, 0.15) is 5.75 Å². The maximum absolute atomic E-state index is 13.7. The Bertz CT molecular complexity index is 1240. The number of hydrogen-bond donors (Lipinski definition) is 1. The Kier molecular flexibility index (Phi) is 8.98. The largest absolute Gasteiger partial charge is 0.493 e. The van der Waals surface area contributed by atoms with Crippen molar-refractivity contribution in [2.24, 2.45) is 0 Å². The molecule has 9 heteroatoms. The molecule has 1 N–H and O–H groups in total. The number of anilines is 2. The predicted octanol–water partition coefficient (Wildman–Crippen LogP) is 9.44. The number of hydrogen-bond acceptors (Lipinski definition) is 6. The van der Waals surface area contributed by atoms with Crippen LogP contribution < -0.4 is 10.1 Å². The third-order valence-corrected chi connectivity index (χ3v) is 7.46. The van der Waals surface area contributed by atoms with Gasteiger partial charge in [-0.25, -0.2) is 4.98 Å². The second-order valence-electron chi connectivity index (χ2n) is 8.37. The zero-order chi connectivity index (χ0) is 25.4. The summed E-state index contributed by atoms with van der Waals surface area (Å²) in [6.45, 7) is 2.43. The van der Waals surface area contributed by atoms with Gasteiger partial charge in [-0.3, -0.25) is 4.98 Å². The van der Waals surface area contributed by atoms with Gasteiger partial charge in [0.2, 0.25) is 0 Å². The first kappa shape index (κ1) is 26.2. The first-order valence-electron chi connectivity index (χ1n) is 12.0. The molecule has 3 heterocycles. The van der Waals surface area contributed by atoms with Gasteiger partial charge in [-0.2, -0.15) is 13.2 Å². The summed E-state index contributed by atoms with van der Waals surface area (Å²) in [6.07, 6.45) is 3.52. The number of unbranched alkanes of at least 4 members (excludes halogenated alkanes) is 5. The molecular formula is C27H28F3N3OS2. The van der Waals surface area contributed by atoms with Gasteiger partial charge in [0.05, 0.1) is 33.3 Å². The average Bonchev–Trinajstić information content (AvgIpc) is 3.54. The number of benzene rings is 1. The van der Waals surface area contributed by atoms with Gasteiger partial charge >= 0.3 is 6.18 Å². The number of pyridine rings is 1. The van der Waals surface area contributed by atoms with Crippen molar-refractivity contribution in [3.63, 3.8) is 0 Å². The fourth-order valence-corrected chi connectivity index (χ4v) is 5.46. The van der Waals surface area contributed by atoms with Crippen molar-refractivity contribution in [1.29, 1.82) is 0 Å². The smallest absolute Gasteiger partial charge is 0.420 e. The quantitative estimate of drug-likeness (QED) is 0.185. The number of thiophene rings is 1. The first-order valence-corrected chi connectivity index (χ1v) is 13.7. The summed E-state index contributed by atoms with van der Waals surface area (Å²) < 4.78 is 46.7. The van der Waals surface area contributed by atoms with E-state index in [2.05, 4.69) is 22.2 Å². The molecule has 0 spiro atoms. The van der Waals surface area contributed by atoms with E-state index in [-0.39, 0.29) is 12.4 Å². The monoisotopic (exact) mass is 531 g/mol. The van der Waals surface area contributed by atoms with Crippen LogP contribution in [-0.2, 0) is 6.18 Å². The summed E-state index contributed by atoms with van der Waals surface area (Å²) in [7, 11) is 0. The second-order valence-corrected chi connectivity index (χ2v) is 10.3. The highest BCUT2D eigenvalue weighted by molar-refractivity contribution is 7.19. The van der Waals surface area contributed by atoms with Crippen molar-refractivity contribution in [1.82, 2.24) is 9.97 Å². The molecule has 0 saturated heterocycles. The standard InChI is InChI=1S/C27H28F3N3OS2/c1-2-3-4-5-6-9-16-34-23-12-11-19(17-20(23)27(28,29)30)32-26-33-22(18-35-26)25-14-13-24(36-25)21-10-7-8-15-31-21/h7-8,10-15,17-18H,2-6,9,16H2,1H3,(H,32,33). The summed E-state index contributed by atoms with van der Waals surface area (Å²) in [4.78, 5) is 10.9. The maximum atomic E-state index is 13.7. The minimum absolute atomic E-state index is 0.137. The van der Waals surface area contributed by atoms with E-state index in [9.17, 15) is 13.2 Å². The maximum Gasteiger partial charge on any atom is 0.420 e. The number of nitrogens with one attached hydrogen (secondary N) is 1. The molecule has 0 aliphatic heterocycles. The van der Waals surface area contributed by atoms with Gasteiger partial charge in [-0.1, -0.05) is 45.1 Å². The molecule has 4 rings (SSSR count). The third-order valence-electron chi connectivity index (χ3n) is 5.57. The third kappa shape index (κ3) is 7.07. The van der Waals surface area contributed by atoms with Gasteiger partial charge < -0.3 is 10.1 Å². The molecule has 0 aliphatic carbocycles. The first-order chi connectivity index (χ1) is 17.4. The van der Waals surface area contributed by atoms with Gasteiger partial charge in [-0.15, -0.1) is 22.7 Å². The lowest BCUT2D eigenvalue weighted by Gasteiger charge is -2.15. The molecule has 0 fully saturated rings. The van der Waals surface area contributed by atoms with E-state index in [1.165, 1.54) is 23.8 Å². The van der Waals surface area contributed by atoms with Gasteiger partial charge in [0.15, 0.2) is 5.13 Å². The van der Waals surface area contributed by atoms with E-state index >= 15 is 0 Å². The summed E-state index contributed by atoms with van der Waals surface area (Å²) in [5.41, 5.74) is 1.19. The summed E-state index contributed by atoms with van der Waals surface area (Å²) in [6, 6.07) is 13.8. The van der Waals surface area contributed by atoms with E-state index in [4.69, 9.17) is 4.74 Å². The highest BCUT2D eigenvalue weighted by Gasteiger charge is 2.34. The molecule has 1 aromatic carbocycles. The molecule has 0 aliphatic rings. The lowest BCUT2D eigenvalue weighted by atomic mass is 10.1. The Morgan fingerprint density at radius 2 is 1.69 bits per heavy atom. The minimum atomic E-state index is -4.51. The predicted molar refractivity (Wildman–Crippen MR) is 142 cm³/mol. The summed E-state index contributed by atoms with van der Waals surface area (Å²) in [5.74, 6) is -0.137. The molecule has 0 bridgehead atoms. The van der Waals surface area contributed by atoms with Crippen LogP contribution in [0, 0.1) is 0 Å². The highest BCUT2D eigenvalue weighted by atomic mass is 32.1. The van der Waals surface area contributed by atoms with Crippen LogP contribution in [0.1, 0.15) is 51.0 Å². The van der Waals surface area contributed by atoms with E-state index in [1.54, 1.807) is 23.6 Å². The van der Waals surface area contributed by atoms with Crippen molar-refractivity contribution in [3.8, 4) is 26.9 Å². The number of alkyl halides is 3. The Morgan fingerprint density at radius 3 is 2.44 bits per heavy atom. The average molecular weight is 532 g/mol. The minimum Gasteiger partial charge on any atom is -0.493 e. The van der Waals surface area contributed by atoms with Gasteiger partial charge in [0.25, 0.3) is 0 Å². The second kappa shape index (κ2) is 12.4. The van der Waals surface area contributed by atoms with Crippen molar-refractivity contribution in [2.75, 3.05) is 11.9 Å². The van der Waals surface area contributed by atoms with Crippen molar-refractivity contribution in [2.45, 2.75) is 51.6 Å². The lowest BCUT2D eigenvalue weighted by Crippen LogP contribution is -2.10. The number of halogens is 3. The van der Waals surface area contributed by atoms with Gasteiger partial charge in [-0.05, 0) is 48.9 Å². The summed E-state index contributed by atoms with van der Waals surface area (Å²) >= 11 is 2.91. The zero-order valence-corrected chi connectivity index (χ0v) is 21.6. The zero-order valence-electron chi connectivity index (χ0n) is 20.0. The molecule has 0 amide bonds. The Balaban J connectivity index is 1.40. The molecule has 3 aromatic heterocycles. The number of nitrogens with zero attached hydrogens (tertiary/aromatic N) is 2. The Morgan fingerprint density at radius 1 is 0.917 bits per heavy atom. The van der Waals surface area contributed by atoms with Crippen molar-refractivity contribution < 1.29 is 17.9 Å². The SMILES string of the molecule is CCCCCCCCOc1ccc(Nc2nc(-c3ccc(-c4ccccn4)s3)cs2)cc1C(F)(F)F. The van der Waals surface area contributed by atoms with E-state index < -0.39 is 11.7 Å². The lowest BCUT2D eigenvalue weighted by molar-refractivity contribution is -0.138. The number of rotatable bonds is 12. The van der Waals surface area contributed by atoms with Crippen LogP contribution in [0.4, 0.5) is 24.0 Å². The van der Waals surface area contributed by atoms with Crippen molar-refractivity contribution in [3.05, 3.63) is 65.7 Å². The molecule has 190 valence electrons. The van der Waals surface area contributed by atoms with Crippen LogP contribution in [0.25, 0.3) is 21.1 Å². The van der Waals surface area contributed by atoms with Crippen LogP contribution in [0.5, 0.6) is 5.75 Å². The molecule has 0 saturated carbocycles. The Labute approximate surface area is 217 Å². The van der Waals surface area contributed by atoms with Gasteiger partial charge in [0, 0.05) is 17.3 Å². The number of thiazole rings is 1. The topological polar surface area (TPSA) is 47.0 Å². The Hall–Kier alpha value is -2.91. The van der Waals surface area contributed by atoms with Crippen LogP contribution in [0.3, 0.4) is 0 Å². The van der Waals surface area contributed by atoms with Crippen LogP contribution in [0.2, 0.25) is 0 Å². The number of ether oxygens (including phenoxy) is 1. The molecule has 0 atom stereocenters. The molecular weight excluding hydrogens is 503 g/mol. The fourth-order valence-electron chi connectivity index (χ4n) is 3.71. The van der Waals surface area contributed by atoms with E-state index in [1.807, 2.05) is 35.7 Å². The van der Waals surface area contributed by atoms with Crippen LogP contribution >= 0.6 is 22.7 Å². The highest BCUT2D eigenvalue weighted by Crippen LogP contribution is 2.39. The van der Waals surface area contributed by atoms with E-state index in [0.717, 1.165) is 59.3 Å². The van der Waals surface area contributed by atoms with Crippen LogP contribution in [-0.4, -0.2) is 16.6 Å². The van der Waals surface area contributed by atoms with E-state index in [0.29, 0.717) is 10.8 Å². The fraction of sp³-hybridized carbons (Fsp3) is 0.333. The molecule has 0 radical (unpaired) electrons. The molecule has 4 nitrogen and oxygen atoms in total. The number of aromatic nitrogens is 2.